The number of benzene rings is 2. The molecule has 3 rings (SSSR count). The molecule has 3 aromatic rings. The van der Waals surface area contributed by atoms with Gasteiger partial charge in [-0.3, -0.25) is 0 Å². The maximum atomic E-state index is 6.22. The molecule has 0 aliphatic carbocycles. The van der Waals surface area contributed by atoms with Gasteiger partial charge in [0.15, 0.2) is 11.6 Å². The quantitative estimate of drug-likeness (QED) is 0.502. The van der Waals surface area contributed by atoms with E-state index in [0.717, 1.165) is 5.69 Å². The van der Waals surface area contributed by atoms with Crippen molar-refractivity contribution in [2.75, 3.05) is 16.4 Å². The zero-order chi connectivity index (χ0) is 18.7. The number of hydrogen-bond donors (Lipinski definition) is 3. The minimum absolute atomic E-state index is 0.386. The topological polar surface area (TPSA) is 75.9 Å². The van der Waals surface area contributed by atoms with E-state index in [0.29, 0.717) is 39.0 Å². The molecule has 2 aromatic carbocycles. The van der Waals surface area contributed by atoms with Crippen LogP contribution in [0.4, 0.5) is 28.7 Å². The van der Waals surface area contributed by atoms with E-state index in [4.69, 9.17) is 28.9 Å². The van der Waals surface area contributed by atoms with Gasteiger partial charge in [0.05, 0.1) is 10.7 Å². The highest BCUT2D eigenvalue weighted by Gasteiger charge is 2.11. The smallest absolute Gasteiger partial charge is 0.159 e. The number of nitrogens with two attached hydrogens (primary N) is 1. The van der Waals surface area contributed by atoms with Crippen LogP contribution in [0.1, 0.15) is 25.3 Å². The van der Waals surface area contributed by atoms with E-state index >= 15 is 0 Å². The molecule has 0 spiro atoms. The molecule has 0 fully saturated rings. The number of nitrogens with one attached hydrogen (secondary N) is 2. The van der Waals surface area contributed by atoms with Crippen LogP contribution >= 0.6 is 23.2 Å². The van der Waals surface area contributed by atoms with Crippen LogP contribution in [0.3, 0.4) is 0 Å². The van der Waals surface area contributed by atoms with Gasteiger partial charge in [-0.1, -0.05) is 49.2 Å². The van der Waals surface area contributed by atoms with Gasteiger partial charge in [-0.2, -0.15) is 0 Å². The molecule has 5 nitrogen and oxygen atoms in total. The van der Waals surface area contributed by atoms with Crippen molar-refractivity contribution >= 4 is 51.9 Å². The Bertz CT molecular complexity index is 910. The number of aromatic nitrogens is 2. The van der Waals surface area contributed by atoms with Crippen LogP contribution in [0.15, 0.2) is 48.8 Å². The van der Waals surface area contributed by atoms with Crippen LogP contribution in [0.5, 0.6) is 0 Å². The van der Waals surface area contributed by atoms with Crippen molar-refractivity contribution in [3.8, 4) is 0 Å². The molecule has 0 aliphatic rings. The van der Waals surface area contributed by atoms with Gasteiger partial charge in [-0.25, -0.2) is 9.97 Å². The highest BCUT2D eigenvalue weighted by molar-refractivity contribution is 6.35. The van der Waals surface area contributed by atoms with Crippen LogP contribution in [-0.4, -0.2) is 9.97 Å². The molecule has 4 N–H and O–H groups in total. The molecule has 1 aromatic heterocycles. The second-order valence-electron chi connectivity index (χ2n) is 6.14. The van der Waals surface area contributed by atoms with Gasteiger partial charge < -0.3 is 16.4 Å². The highest BCUT2D eigenvalue weighted by atomic mass is 35.5. The lowest BCUT2D eigenvalue weighted by Gasteiger charge is -2.14. The number of halogens is 2. The summed E-state index contributed by atoms with van der Waals surface area (Å²) in [6.07, 6.45) is 1.43. The van der Waals surface area contributed by atoms with Gasteiger partial charge in [0, 0.05) is 10.7 Å². The standard InChI is InChI=1S/C19H19Cl2N5/c1-11(2)12-3-6-14(7-4-12)25-18-17(22)19(24-10-23-18)26-16-9-13(20)5-8-15(16)21/h3-11H,22H2,1-2H3,(H2,23,24,25,26). The molecule has 0 aliphatic heterocycles. The molecule has 134 valence electrons. The molecular formula is C19H19Cl2N5. The van der Waals surface area contributed by atoms with Crippen molar-refractivity contribution in [2.24, 2.45) is 0 Å². The van der Waals surface area contributed by atoms with E-state index in [1.165, 1.54) is 11.9 Å². The van der Waals surface area contributed by atoms with Crippen molar-refractivity contribution < 1.29 is 0 Å². The largest absolute Gasteiger partial charge is 0.393 e. The third kappa shape index (κ3) is 4.18. The van der Waals surface area contributed by atoms with Gasteiger partial charge in [0.1, 0.15) is 12.0 Å². The molecular weight excluding hydrogens is 369 g/mol. The molecule has 0 atom stereocenters. The molecule has 0 saturated carbocycles. The van der Waals surface area contributed by atoms with Crippen LogP contribution in [-0.2, 0) is 0 Å². The fourth-order valence-corrected chi connectivity index (χ4v) is 2.74. The Morgan fingerprint density at radius 2 is 1.58 bits per heavy atom. The van der Waals surface area contributed by atoms with Crippen molar-refractivity contribution in [3.05, 3.63) is 64.4 Å². The minimum atomic E-state index is 0.386. The number of rotatable bonds is 5. The van der Waals surface area contributed by atoms with Crippen molar-refractivity contribution in [2.45, 2.75) is 19.8 Å². The number of nitrogens with zero attached hydrogens (tertiary/aromatic N) is 2. The molecule has 1 heterocycles. The van der Waals surface area contributed by atoms with E-state index in [2.05, 4.69) is 46.6 Å². The van der Waals surface area contributed by atoms with E-state index in [1.54, 1.807) is 18.2 Å². The summed E-state index contributed by atoms with van der Waals surface area (Å²) in [4.78, 5) is 8.42. The Kier molecular flexibility index (Phi) is 5.49. The Hall–Kier alpha value is -2.50. The molecule has 0 amide bonds. The first-order valence-corrected chi connectivity index (χ1v) is 8.89. The molecule has 26 heavy (non-hydrogen) atoms. The third-order valence-corrected chi connectivity index (χ3v) is 4.47. The van der Waals surface area contributed by atoms with Gasteiger partial charge in [0.25, 0.3) is 0 Å². The van der Waals surface area contributed by atoms with Crippen molar-refractivity contribution in [3.63, 3.8) is 0 Å². The summed E-state index contributed by atoms with van der Waals surface area (Å²) in [5, 5.41) is 7.40. The Labute approximate surface area is 162 Å². The number of nitrogen functional groups attached to an aromatic ring is 1. The SMILES string of the molecule is CC(C)c1ccc(Nc2ncnc(Nc3cc(Cl)ccc3Cl)c2N)cc1. The summed E-state index contributed by atoms with van der Waals surface area (Å²) < 4.78 is 0. The second-order valence-corrected chi connectivity index (χ2v) is 6.98. The number of hydrogen-bond acceptors (Lipinski definition) is 5. The summed E-state index contributed by atoms with van der Waals surface area (Å²) in [6, 6.07) is 13.3. The highest BCUT2D eigenvalue weighted by Crippen LogP contribution is 2.32. The van der Waals surface area contributed by atoms with E-state index in [9.17, 15) is 0 Å². The van der Waals surface area contributed by atoms with Gasteiger partial charge in [-0.15, -0.1) is 0 Å². The predicted molar refractivity (Wildman–Crippen MR) is 110 cm³/mol. The molecule has 0 unspecified atom stereocenters. The first-order valence-electron chi connectivity index (χ1n) is 8.13. The Morgan fingerprint density at radius 3 is 2.23 bits per heavy atom. The van der Waals surface area contributed by atoms with Crippen LogP contribution in [0, 0.1) is 0 Å². The Morgan fingerprint density at radius 1 is 0.923 bits per heavy atom. The van der Waals surface area contributed by atoms with E-state index < -0.39 is 0 Å². The third-order valence-electron chi connectivity index (χ3n) is 3.91. The number of anilines is 5. The van der Waals surface area contributed by atoms with Crippen molar-refractivity contribution in [1.29, 1.82) is 0 Å². The van der Waals surface area contributed by atoms with Crippen LogP contribution in [0.2, 0.25) is 10.0 Å². The van der Waals surface area contributed by atoms with Crippen molar-refractivity contribution in [1.82, 2.24) is 9.97 Å². The van der Waals surface area contributed by atoms with Crippen LogP contribution < -0.4 is 16.4 Å². The first-order chi connectivity index (χ1) is 12.4. The van der Waals surface area contributed by atoms with Crippen LogP contribution in [0.25, 0.3) is 0 Å². The fourth-order valence-electron chi connectivity index (χ4n) is 2.40. The zero-order valence-corrected chi connectivity index (χ0v) is 15.9. The first kappa shape index (κ1) is 18.3. The molecule has 0 radical (unpaired) electrons. The second kappa shape index (κ2) is 7.81. The lowest BCUT2D eigenvalue weighted by atomic mass is 10.0. The zero-order valence-electron chi connectivity index (χ0n) is 14.4. The molecule has 0 bridgehead atoms. The lowest BCUT2D eigenvalue weighted by molar-refractivity contribution is 0.867. The Balaban J connectivity index is 1.84. The average Bonchev–Trinajstić information content (AvgIpc) is 2.62. The summed E-state index contributed by atoms with van der Waals surface area (Å²) in [6.45, 7) is 4.31. The van der Waals surface area contributed by atoms with E-state index in [-0.39, 0.29) is 0 Å². The summed E-state index contributed by atoms with van der Waals surface area (Å²) in [5.41, 5.74) is 9.39. The summed E-state index contributed by atoms with van der Waals surface area (Å²) in [5.74, 6) is 1.44. The maximum absolute atomic E-state index is 6.22. The summed E-state index contributed by atoms with van der Waals surface area (Å²) >= 11 is 12.2. The maximum Gasteiger partial charge on any atom is 0.159 e. The minimum Gasteiger partial charge on any atom is -0.393 e. The molecule has 0 saturated heterocycles. The monoisotopic (exact) mass is 387 g/mol. The fraction of sp³-hybridized carbons (Fsp3) is 0.158. The van der Waals surface area contributed by atoms with Gasteiger partial charge >= 0.3 is 0 Å². The van der Waals surface area contributed by atoms with Gasteiger partial charge in [-0.05, 0) is 41.8 Å². The predicted octanol–water partition coefficient (Wildman–Crippen LogP) is 5.98. The lowest BCUT2D eigenvalue weighted by Crippen LogP contribution is -2.05. The normalized spacial score (nSPS) is 10.8. The summed E-state index contributed by atoms with van der Waals surface area (Å²) in [7, 11) is 0. The molecule has 7 heteroatoms. The van der Waals surface area contributed by atoms with Gasteiger partial charge in [0.2, 0.25) is 0 Å². The average molecular weight is 388 g/mol. The van der Waals surface area contributed by atoms with E-state index in [1.807, 2.05) is 12.1 Å².